The predicted octanol–water partition coefficient (Wildman–Crippen LogP) is 6.99. The van der Waals surface area contributed by atoms with E-state index in [-0.39, 0.29) is 54.9 Å². The van der Waals surface area contributed by atoms with Crippen molar-refractivity contribution in [2.24, 2.45) is 11.8 Å². The summed E-state index contributed by atoms with van der Waals surface area (Å²) in [5.41, 5.74) is 0.167. The fourth-order valence-electron chi connectivity index (χ4n) is 3.74. The standard InChI is InChI=1S/C13H6F4N3.C13H24O2.Ir/c1-5-2-3-6(20-5)12-7-8(14)9(15)10(16)11(17)13(7)19-4-18-12;1-5-10(6-2)12(14)9-13(15)11(7-3)8-4;/h2-4H,1H3;9-11,14H,5-8H2,1-4H3;/q-1;;/b;12-9-;. The number of aromatic nitrogens is 3. The van der Waals surface area contributed by atoms with Gasteiger partial charge in [-0.15, -0.1) is 5.69 Å². The van der Waals surface area contributed by atoms with Gasteiger partial charge in [-0.3, -0.25) is 4.79 Å². The Morgan fingerprint density at radius 3 is 1.97 bits per heavy atom. The summed E-state index contributed by atoms with van der Waals surface area (Å²) in [6, 6.07) is 3.16. The van der Waals surface area contributed by atoms with Crippen molar-refractivity contribution in [3.63, 3.8) is 0 Å². The Hall–Kier alpha value is -2.58. The molecule has 1 N–H and O–H groups in total. The van der Waals surface area contributed by atoms with E-state index in [4.69, 9.17) is 0 Å². The predicted molar refractivity (Wildman–Crippen MR) is 127 cm³/mol. The second kappa shape index (κ2) is 14.2. The summed E-state index contributed by atoms with van der Waals surface area (Å²) in [4.78, 5) is 23.0. The van der Waals surface area contributed by atoms with Crippen LogP contribution < -0.4 is 4.98 Å². The topological polar surface area (TPSA) is 77.2 Å². The number of aryl methyl sites for hydroxylation is 1. The molecule has 10 heteroatoms. The van der Waals surface area contributed by atoms with E-state index >= 15 is 0 Å². The van der Waals surface area contributed by atoms with E-state index in [1.807, 2.05) is 27.7 Å². The van der Waals surface area contributed by atoms with Gasteiger partial charge in [0.25, 0.3) is 0 Å². The Labute approximate surface area is 221 Å². The van der Waals surface area contributed by atoms with Crippen molar-refractivity contribution >= 4 is 16.7 Å². The van der Waals surface area contributed by atoms with Crippen LogP contribution in [-0.4, -0.2) is 20.9 Å². The summed E-state index contributed by atoms with van der Waals surface area (Å²) < 4.78 is 54.1. The van der Waals surface area contributed by atoms with Crippen molar-refractivity contribution in [1.82, 2.24) is 15.0 Å². The van der Waals surface area contributed by atoms with E-state index in [0.29, 0.717) is 5.69 Å². The third-order valence-corrected chi connectivity index (χ3v) is 5.96. The molecule has 0 aliphatic carbocycles. The second-order valence-corrected chi connectivity index (χ2v) is 8.17. The van der Waals surface area contributed by atoms with Crippen LogP contribution in [0.15, 0.2) is 30.3 Å². The van der Waals surface area contributed by atoms with Crippen molar-refractivity contribution in [1.29, 1.82) is 0 Å². The van der Waals surface area contributed by atoms with Gasteiger partial charge in [0.05, 0.1) is 16.8 Å². The van der Waals surface area contributed by atoms with Gasteiger partial charge in [-0.1, -0.05) is 46.8 Å². The third kappa shape index (κ3) is 7.01. The van der Waals surface area contributed by atoms with E-state index in [9.17, 15) is 27.5 Å². The summed E-state index contributed by atoms with van der Waals surface area (Å²) in [6.07, 6.45) is 5.85. The van der Waals surface area contributed by atoms with Crippen LogP contribution >= 0.6 is 0 Å². The molecule has 2 aromatic heterocycles. The largest absolute Gasteiger partial charge is 0.660 e. The maximum Gasteiger partial charge on any atom is 0.199 e. The van der Waals surface area contributed by atoms with Crippen LogP contribution in [0, 0.1) is 42.0 Å². The molecule has 2 heterocycles. The number of aliphatic hydroxyl groups excluding tert-OH is 1. The number of allylic oxidation sites excluding steroid dienone is 2. The third-order valence-electron chi connectivity index (χ3n) is 5.96. The zero-order valence-corrected chi connectivity index (χ0v) is 23.2. The number of rotatable bonds is 8. The van der Waals surface area contributed by atoms with Gasteiger partial charge in [-0.25, -0.2) is 27.5 Å². The van der Waals surface area contributed by atoms with E-state index in [1.54, 1.807) is 13.0 Å². The van der Waals surface area contributed by atoms with Crippen molar-refractivity contribution in [2.75, 3.05) is 0 Å². The van der Waals surface area contributed by atoms with Crippen molar-refractivity contribution in [2.45, 2.75) is 60.3 Å². The molecule has 0 amide bonds. The Morgan fingerprint density at radius 1 is 0.917 bits per heavy atom. The van der Waals surface area contributed by atoms with Crippen LogP contribution in [0.4, 0.5) is 17.6 Å². The Bertz CT molecular complexity index is 1210. The summed E-state index contributed by atoms with van der Waals surface area (Å²) >= 11 is 0. The number of fused-ring (bicyclic) bond motifs is 1. The Kier molecular flexibility index (Phi) is 12.4. The molecule has 3 rings (SSSR count). The molecule has 0 unspecified atom stereocenters. The van der Waals surface area contributed by atoms with Crippen LogP contribution in [0.2, 0.25) is 0 Å². The van der Waals surface area contributed by atoms with Crippen LogP contribution in [0.25, 0.3) is 22.3 Å². The van der Waals surface area contributed by atoms with Gasteiger partial charge >= 0.3 is 0 Å². The van der Waals surface area contributed by atoms with Crippen LogP contribution in [-0.2, 0) is 24.9 Å². The summed E-state index contributed by atoms with van der Waals surface area (Å²) in [5.74, 6) is -6.33. The fourth-order valence-corrected chi connectivity index (χ4v) is 3.74. The number of halogens is 4. The van der Waals surface area contributed by atoms with Crippen molar-refractivity contribution in [3.05, 3.63) is 59.3 Å². The number of carbonyl (C=O) groups excluding carboxylic acids is 1. The van der Waals surface area contributed by atoms with Gasteiger partial charge in [0.15, 0.2) is 29.1 Å². The summed E-state index contributed by atoms with van der Waals surface area (Å²) in [6.45, 7) is 9.77. The van der Waals surface area contributed by atoms with Gasteiger partial charge in [-0.2, -0.15) is 5.69 Å². The van der Waals surface area contributed by atoms with E-state index in [0.717, 1.165) is 32.0 Å². The maximum absolute atomic E-state index is 13.9. The number of hydrogen-bond acceptors (Lipinski definition) is 4. The van der Waals surface area contributed by atoms with Crippen molar-refractivity contribution < 1.29 is 47.6 Å². The number of ketones is 1. The molecule has 199 valence electrons. The van der Waals surface area contributed by atoms with Gasteiger partial charge in [0, 0.05) is 38.0 Å². The van der Waals surface area contributed by atoms with Crippen molar-refractivity contribution in [3.8, 4) is 11.4 Å². The molecule has 0 saturated heterocycles. The molecule has 1 aromatic carbocycles. The van der Waals surface area contributed by atoms with Crippen LogP contribution in [0.3, 0.4) is 0 Å². The fraction of sp³-hybridized carbons (Fsp3) is 0.423. The zero-order chi connectivity index (χ0) is 26.3. The quantitative estimate of drug-likeness (QED) is 0.0911. The molecule has 0 fully saturated rings. The molecule has 1 radical (unpaired) electrons. The van der Waals surface area contributed by atoms with Gasteiger partial charge in [0.2, 0.25) is 0 Å². The minimum absolute atomic E-state index is 0. The second-order valence-electron chi connectivity index (χ2n) is 8.17. The molecular formula is C26H30F4IrN3O2-. The number of benzene rings is 1. The minimum Gasteiger partial charge on any atom is -0.660 e. The van der Waals surface area contributed by atoms with E-state index in [2.05, 4.69) is 15.0 Å². The molecule has 0 aliphatic heterocycles. The number of nitrogens with zero attached hydrogens (tertiary/aromatic N) is 3. The zero-order valence-electron chi connectivity index (χ0n) is 20.8. The average molecular weight is 685 g/mol. The smallest absolute Gasteiger partial charge is 0.199 e. The molecule has 5 nitrogen and oxygen atoms in total. The molecule has 0 bridgehead atoms. The molecule has 36 heavy (non-hydrogen) atoms. The average Bonchev–Trinajstić information content (AvgIpc) is 3.28. The molecule has 0 aliphatic rings. The van der Waals surface area contributed by atoms with Crippen LogP contribution in [0.1, 0.15) is 59.1 Å². The number of aliphatic hydroxyl groups is 1. The van der Waals surface area contributed by atoms with E-state index in [1.165, 1.54) is 12.1 Å². The first-order valence-electron chi connectivity index (χ1n) is 11.6. The molecule has 3 aromatic rings. The number of hydrogen-bond donors (Lipinski definition) is 1. The van der Waals surface area contributed by atoms with E-state index < -0.39 is 34.2 Å². The molecule has 0 spiro atoms. The molecule has 0 atom stereocenters. The first kappa shape index (κ1) is 31.4. The molecular weight excluding hydrogens is 655 g/mol. The first-order chi connectivity index (χ1) is 16.6. The van der Waals surface area contributed by atoms with Crippen LogP contribution in [0.5, 0.6) is 0 Å². The Morgan fingerprint density at radius 2 is 1.47 bits per heavy atom. The summed E-state index contributed by atoms with van der Waals surface area (Å²) in [7, 11) is 0. The molecule has 0 saturated carbocycles. The van der Waals surface area contributed by atoms with Gasteiger partial charge < -0.3 is 10.1 Å². The number of carbonyl (C=O) groups is 1. The SMILES string of the molecule is CCC(CC)C(=O)/C=C(\O)C(CC)CC.Cc1ccc(-c2ncnc3c(F)c(F)c(F)c(F)c23)[n-]1.[Ir]. The minimum atomic E-state index is -1.90. The first-order valence-corrected chi connectivity index (χ1v) is 11.6. The van der Waals surface area contributed by atoms with Gasteiger partial charge in [0.1, 0.15) is 11.8 Å². The Balaban J connectivity index is 0.000000367. The maximum atomic E-state index is 13.9. The van der Waals surface area contributed by atoms with Gasteiger partial charge in [-0.05, 0) is 25.7 Å². The summed E-state index contributed by atoms with van der Waals surface area (Å²) in [5, 5.41) is 9.23. The normalized spacial score (nSPS) is 11.5. The monoisotopic (exact) mass is 685 g/mol.